The maximum Gasteiger partial charge on any atom is 0.243 e. The lowest BCUT2D eigenvalue weighted by Crippen LogP contribution is -2.48. The summed E-state index contributed by atoms with van der Waals surface area (Å²) in [6, 6.07) is 16.7. The highest BCUT2D eigenvalue weighted by Gasteiger charge is 2.28. The molecule has 2 heterocycles. The first kappa shape index (κ1) is 19.6. The van der Waals surface area contributed by atoms with E-state index < -0.39 is 10.0 Å². The molecule has 1 aromatic heterocycles. The summed E-state index contributed by atoms with van der Waals surface area (Å²) < 4.78 is 34.4. The van der Waals surface area contributed by atoms with Crippen LogP contribution in [0, 0.1) is 0 Å². The molecule has 3 aromatic rings. The first-order chi connectivity index (χ1) is 14.1. The van der Waals surface area contributed by atoms with Gasteiger partial charge >= 0.3 is 0 Å². The van der Waals surface area contributed by atoms with Gasteiger partial charge in [0.15, 0.2) is 0 Å². The van der Waals surface area contributed by atoms with Gasteiger partial charge in [0.1, 0.15) is 5.75 Å². The molecule has 1 saturated heterocycles. The van der Waals surface area contributed by atoms with E-state index in [1.54, 1.807) is 46.6 Å². The molecule has 0 atom stereocenters. The quantitative estimate of drug-likeness (QED) is 0.622. The largest absolute Gasteiger partial charge is 0.497 e. The first-order valence-electron chi connectivity index (χ1n) is 9.52. The van der Waals surface area contributed by atoms with Crippen LogP contribution in [0.4, 0.5) is 0 Å². The van der Waals surface area contributed by atoms with Crippen LogP contribution in [0.25, 0.3) is 5.69 Å². The van der Waals surface area contributed by atoms with Gasteiger partial charge in [-0.25, -0.2) is 13.1 Å². The molecule has 29 heavy (non-hydrogen) atoms. The van der Waals surface area contributed by atoms with Gasteiger partial charge < -0.3 is 4.74 Å². The van der Waals surface area contributed by atoms with Gasteiger partial charge in [0.2, 0.25) is 10.0 Å². The van der Waals surface area contributed by atoms with Crippen molar-refractivity contribution in [3.63, 3.8) is 0 Å². The minimum atomic E-state index is -3.49. The van der Waals surface area contributed by atoms with Crippen molar-refractivity contribution in [1.82, 2.24) is 19.0 Å². The van der Waals surface area contributed by atoms with Crippen molar-refractivity contribution in [2.45, 2.75) is 11.4 Å². The van der Waals surface area contributed by atoms with Crippen LogP contribution in [0.5, 0.6) is 5.75 Å². The molecule has 1 aliphatic rings. The van der Waals surface area contributed by atoms with Gasteiger partial charge in [-0.15, -0.1) is 0 Å². The Morgan fingerprint density at radius 1 is 0.966 bits per heavy atom. The predicted molar refractivity (Wildman–Crippen MR) is 111 cm³/mol. The molecule has 0 amide bonds. The molecule has 0 N–H and O–H groups in total. The number of hydrogen-bond acceptors (Lipinski definition) is 5. The van der Waals surface area contributed by atoms with Gasteiger partial charge in [0.05, 0.1) is 17.7 Å². The van der Waals surface area contributed by atoms with E-state index in [2.05, 4.69) is 10.00 Å². The van der Waals surface area contributed by atoms with E-state index in [1.165, 1.54) is 5.56 Å². The van der Waals surface area contributed by atoms with Gasteiger partial charge in [0.25, 0.3) is 0 Å². The van der Waals surface area contributed by atoms with Crippen LogP contribution in [-0.4, -0.2) is 60.7 Å². The number of sulfonamides is 1. The maximum atomic E-state index is 13.0. The lowest BCUT2D eigenvalue weighted by Gasteiger charge is -2.34. The van der Waals surface area contributed by atoms with E-state index >= 15 is 0 Å². The minimum Gasteiger partial charge on any atom is -0.497 e. The van der Waals surface area contributed by atoms with Gasteiger partial charge in [-0.2, -0.15) is 9.40 Å². The second-order valence-electron chi connectivity index (χ2n) is 6.97. The van der Waals surface area contributed by atoms with Gasteiger partial charge in [0, 0.05) is 45.1 Å². The highest BCUT2D eigenvalue weighted by atomic mass is 32.2. The predicted octanol–water partition coefficient (Wildman–Crippen LogP) is 2.39. The zero-order chi connectivity index (χ0) is 20.3. The first-order valence-corrected chi connectivity index (χ1v) is 11.0. The summed E-state index contributed by atoms with van der Waals surface area (Å²) in [5, 5.41) is 4.16. The third kappa shape index (κ3) is 4.34. The zero-order valence-electron chi connectivity index (χ0n) is 16.3. The molecule has 0 saturated carbocycles. The molecule has 2 aromatic carbocycles. The molecule has 4 rings (SSSR count). The molecule has 1 aliphatic heterocycles. The number of nitrogens with zero attached hydrogens (tertiary/aromatic N) is 4. The molecular weight excluding hydrogens is 388 g/mol. The SMILES string of the molecule is COc1ccc(CN2CCN(S(=O)(=O)c3ccc(-n4cccn4)cc3)CC2)cc1. The van der Waals surface area contributed by atoms with E-state index in [4.69, 9.17) is 4.74 Å². The van der Waals surface area contributed by atoms with Crippen molar-refractivity contribution in [3.05, 3.63) is 72.6 Å². The standard InChI is InChI=1S/C21H24N4O3S/c1-28-20-7-3-18(4-8-20)17-23-13-15-24(16-14-23)29(26,27)21-9-5-19(6-10-21)25-12-2-11-22-25/h2-12H,13-17H2,1H3. The second-order valence-corrected chi connectivity index (χ2v) is 8.91. The number of aromatic nitrogens is 2. The summed E-state index contributed by atoms with van der Waals surface area (Å²) in [7, 11) is -1.84. The molecule has 8 heteroatoms. The fourth-order valence-corrected chi connectivity index (χ4v) is 4.88. The van der Waals surface area contributed by atoms with Crippen LogP contribution in [0.3, 0.4) is 0 Å². The van der Waals surface area contributed by atoms with Crippen molar-refractivity contribution in [2.75, 3.05) is 33.3 Å². The molecule has 152 valence electrons. The molecule has 0 aliphatic carbocycles. The Morgan fingerprint density at radius 2 is 1.66 bits per heavy atom. The Morgan fingerprint density at radius 3 is 2.24 bits per heavy atom. The summed E-state index contributed by atoms with van der Waals surface area (Å²) in [4.78, 5) is 2.59. The Kier molecular flexibility index (Phi) is 5.66. The van der Waals surface area contributed by atoms with E-state index in [9.17, 15) is 8.42 Å². The highest BCUT2D eigenvalue weighted by Crippen LogP contribution is 2.20. The normalized spacial score (nSPS) is 16.0. The summed E-state index contributed by atoms with van der Waals surface area (Å²) in [6.45, 7) is 3.18. The fraction of sp³-hybridized carbons (Fsp3) is 0.286. The summed E-state index contributed by atoms with van der Waals surface area (Å²) in [6.07, 6.45) is 3.52. The van der Waals surface area contributed by atoms with E-state index in [0.29, 0.717) is 31.1 Å². The van der Waals surface area contributed by atoms with Crippen LogP contribution in [0.2, 0.25) is 0 Å². The summed E-state index contributed by atoms with van der Waals surface area (Å²) in [5.41, 5.74) is 2.02. The molecule has 0 bridgehead atoms. The van der Waals surface area contributed by atoms with Crippen LogP contribution in [0.1, 0.15) is 5.56 Å². The number of piperazine rings is 1. The average Bonchev–Trinajstić information content (AvgIpc) is 3.30. The topological polar surface area (TPSA) is 67.7 Å². The van der Waals surface area contributed by atoms with Crippen LogP contribution < -0.4 is 4.74 Å². The highest BCUT2D eigenvalue weighted by molar-refractivity contribution is 7.89. The fourth-order valence-electron chi connectivity index (χ4n) is 3.46. The molecule has 0 spiro atoms. The molecule has 0 unspecified atom stereocenters. The van der Waals surface area contributed by atoms with Crippen LogP contribution in [-0.2, 0) is 16.6 Å². The Labute approximate surface area is 171 Å². The van der Waals surface area contributed by atoms with Crippen molar-refractivity contribution < 1.29 is 13.2 Å². The number of rotatable bonds is 6. The van der Waals surface area contributed by atoms with E-state index in [0.717, 1.165) is 18.0 Å². The van der Waals surface area contributed by atoms with Crippen molar-refractivity contribution in [1.29, 1.82) is 0 Å². The Hall–Kier alpha value is -2.68. The molecule has 1 fully saturated rings. The van der Waals surface area contributed by atoms with E-state index in [-0.39, 0.29) is 0 Å². The van der Waals surface area contributed by atoms with Gasteiger partial charge in [-0.3, -0.25) is 4.90 Å². The monoisotopic (exact) mass is 412 g/mol. The van der Waals surface area contributed by atoms with E-state index in [1.807, 2.05) is 36.5 Å². The van der Waals surface area contributed by atoms with Crippen LogP contribution in [0.15, 0.2) is 71.9 Å². The van der Waals surface area contributed by atoms with Crippen molar-refractivity contribution in [2.24, 2.45) is 0 Å². The molecule has 0 radical (unpaired) electrons. The number of methoxy groups -OCH3 is 1. The maximum absolute atomic E-state index is 13.0. The van der Waals surface area contributed by atoms with Crippen LogP contribution >= 0.6 is 0 Å². The van der Waals surface area contributed by atoms with Gasteiger partial charge in [-0.1, -0.05) is 12.1 Å². The minimum absolute atomic E-state index is 0.317. The third-order valence-electron chi connectivity index (χ3n) is 5.14. The number of benzene rings is 2. The molecular formula is C21H24N4O3S. The molecule has 7 nitrogen and oxygen atoms in total. The Balaban J connectivity index is 1.38. The third-order valence-corrected chi connectivity index (χ3v) is 7.05. The smallest absolute Gasteiger partial charge is 0.243 e. The summed E-state index contributed by atoms with van der Waals surface area (Å²) >= 11 is 0. The van der Waals surface area contributed by atoms with Crippen molar-refractivity contribution >= 4 is 10.0 Å². The Bertz CT molecular complexity index is 1020. The summed E-state index contributed by atoms with van der Waals surface area (Å²) in [5.74, 6) is 0.836. The average molecular weight is 413 g/mol. The van der Waals surface area contributed by atoms with Crippen molar-refractivity contribution in [3.8, 4) is 11.4 Å². The number of hydrogen-bond donors (Lipinski definition) is 0. The lowest BCUT2D eigenvalue weighted by atomic mass is 10.2. The lowest BCUT2D eigenvalue weighted by molar-refractivity contribution is 0.181. The zero-order valence-corrected chi connectivity index (χ0v) is 17.1. The number of ether oxygens (including phenoxy) is 1. The second kappa shape index (κ2) is 8.36. The van der Waals surface area contributed by atoms with Gasteiger partial charge in [-0.05, 0) is 48.0 Å².